The van der Waals surface area contributed by atoms with Gasteiger partial charge in [-0.15, -0.1) is 0 Å². The maximum absolute atomic E-state index is 12.8. The van der Waals surface area contributed by atoms with E-state index in [4.69, 9.17) is 10.5 Å². The summed E-state index contributed by atoms with van der Waals surface area (Å²) >= 11 is 0. The second-order valence-electron chi connectivity index (χ2n) is 6.07. The number of ether oxygens (including phenoxy) is 1. The standard InChI is InChI=1S/C19H20N4O2S/c1-12(2)15-10-22-18(26(24)14-7-5-4-6-8-14)9-16(15)25-17-11-21-13(3)23-19(17)20/h4-12H,1-3H3,(H2,20,21,23). The first-order valence-corrected chi connectivity index (χ1v) is 9.34. The predicted molar refractivity (Wildman–Crippen MR) is 101 cm³/mol. The van der Waals surface area contributed by atoms with Crippen LogP contribution in [-0.4, -0.2) is 19.2 Å². The van der Waals surface area contributed by atoms with Gasteiger partial charge >= 0.3 is 0 Å². The van der Waals surface area contributed by atoms with E-state index in [0.717, 1.165) is 5.56 Å². The van der Waals surface area contributed by atoms with Crippen LogP contribution in [0.4, 0.5) is 5.82 Å². The van der Waals surface area contributed by atoms with Gasteiger partial charge in [-0.05, 0) is 25.0 Å². The molecule has 3 aromatic rings. The lowest BCUT2D eigenvalue weighted by atomic mass is 10.1. The molecule has 2 aromatic heterocycles. The second kappa shape index (κ2) is 7.61. The van der Waals surface area contributed by atoms with E-state index in [2.05, 4.69) is 15.0 Å². The smallest absolute Gasteiger partial charge is 0.187 e. The third kappa shape index (κ3) is 3.88. The maximum Gasteiger partial charge on any atom is 0.187 e. The van der Waals surface area contributed by atoms with Crippen molar-refractivity contribution in [2.75, 3.05) is 5.73 Å². The lowest BCUT2D eigenvalue weighted by Crippen LogP contribution is -2.03. The molecule has 0 fully saturated rings. The van der Waals surface area contributed by atoms with Crippen LogP contribution in [0.3, 0.4) is 0 Å². The minimum Gasteiger partial charge on any atom is -0.451 e. The second-order valence-corrected chi connectivity index (χ2v) is 7.49. The predicted octanol–water partition coefficient (Wildman–Crippen LogP) is 3.84. The van der Waals surface area contributed by atoms with E-state index in [-0.39, 0.29) is 11.7 Å². The normalized spacial score (nSPS) is 12.2. The van der Waals surface area contributed by atoms with Crippen LogP contribution >= 0.6 is 0 Å². The van der Waals surface area contributed by atoms with E-state index in [1.807, 2.05) is 32.0 Å². The van der Waals surface area contributed by atoms with E-state index in [1.165, 1.54) is 6.20 Å². The molecule has 0 bridgehead atoms. The van der Waals surface area contributed by atoms with Crippen LogP contribution in [-0.2, 0) is 10.8 Å². The first-order chi connectivity index (χ1) is 12.5. The van der Waals surface area contributed by atoms with Crippen LogP contribution in [0.15, 0.2) is 58.7 Å². The molecule has 2 heterocycles. The number of hydrogen-bond acceptors (Lipinski definition) is 6. The van der Waals surface area contributed by atoms with Crippen molar-refractivity contribution in [1.82, 2.24) is 15.0 Å². The summed E-state index contributed by atoms with van der Waals surface area (Å²) in [6.45, 7) is 5.83. The Morgan fingerprint density at radius 1 is 1.08 bits per heavy atom. The number of anilines is 1. The Bertz CT molecular complexity index is 946. The number of benzene rings is 1. The fourth-order valence-corrected chi connectivity index (χ4v) is 3.40. The van der Waals surface area contributed by atoms with Gasteiger partial charge in [-0.25, -0.2) is 19.2 Å². The van der Waals surface area contributed by atoms with Crippen molar-refractivity contribution in [3.8, 4) is 11.5 Å². The lowest BCUT2D eigenvalue weighted by molar-refractivity contribution is 0.467. The largest absolute Gasteiger partial charge is 0.451 e. The number of aryl methyl sites for hydroxylation is 1. The van der Waals surface area contributed by atoms with Gasteiger partial charge in [0, 0.05) is 22.7 Å². The molecule has 0 spiro atoms. The molecule has 26 heavy (non-hydrogen) atoms. The molecule has 0 aliphatic heterocycles. The van der Waals surface area contributed by atoms with Crippen LogP contribution < -0.4 is 10.5 Å². The zero-order valence-corrected chi connectivity index (χ0v) is 15.7. The van der Waals surface area contributed by atoms with Crippen molar-refractivity contribution < 1.29 is 8.95 Å². The molecule has 7 heteroatoms. The molecule has 0 aliphatic carbocycles. The monoisotopic (exact) mass is 368 g/mol. The summed E-state index contributed by atoms with van der Waals surface area (Å²) in [5.74, 6) is 1.91. The molecule has 6 nitrogen and oxygen atoms in total. The van der Waals surface area contributed by atoms with Gasteiger partial charge in [0.1, 0.15) is 27.4 Å². The first kappa shape index (κ1) is 18.0. The van der Waals surface area contributed by atoms with Gasteiger partial charge in [0.15, 0.2) is 11.6 Å². The number of nitrogen functional groups attached to an aromatic ring is 1. The SMILES string of the molecule is Cc1ncc(Oc2cc(S(=O)c3ccccc3)ncc2C(C)C)c(N)n1. The Balaban J connectivity index is 2.00. The topological polar surface area (TPSA) is 91.0 Å². The fourth-order valence-electron chi connectivity index (χ4n) is 2.39. The number of hydrogen-bond donors (Lipinski definition) is 1. The minimum absolute atomic E-state index is 0.171. The molecule has 1 unspecified atom stereocenters. The molecular formula is C19H20N4O2S. The molecule has 0 radical (unpaired) electrons. The molecule has 0 saturated heterocycles. The lowest BCUT2D eigenvalue weighted by Gasteiger charge is -2.15. The summed E-state index contributed by atoms with van der Waals surface area (Å²) < 4.78 is 18.7. The number of rotatable bonds is 5. The highest BCUT2D eigenvalue weighted by Crippen LogP contribution is 2.33. The van der Waals surface area contributed by atoms with E-state index < -0.39 is 10.8 Å². The Labute approximate surface area is 154 Å². The van der Waals surface area contributed by atoms with Crippen LogP contribution in [0.25, 0.3) is 0 Å². The summed E-state index contributed by atoms with van der Waals surface area (Å²) in [6.07, 6.45) is 3.23. The highest BCUT2D eigenvalue weighted by Gasteiger charge is 2.16. The van der Waals surface area contributed by atoms with E-state index in [0.29, 0.717) is 27.2 Å². The van der Waals surface area contributed by atoms with Crippen LogP contribution in [0.1, 0.15) is 31.2 Å². The van der Waals surface area contributed by atoms with E-state index in [9.17, 15) is 4.21 Å². The minimum atomic E-state index is -1.40. The van der Waals surface area contributed by atoms with Crippen molar-refractivity contribution in [2.45, 2.75) is 36.6 Å². The molecule has 0 amide bonds. The Morgan fingerprint density at radius 3 is 2.46 bits per heavy atom. The van der Waals surface area contributed by atoms with Gasteiger partial charge in [-0.1, -0.05) is 32.0 Å². The summed E-state index contributed by atoms with van der Waals surface area (Å²) in [6, 6.07) is 10.9. The highest BCUT2D eigenvalue weighted by atomic mass is 32.2. The van der Waals surface area contributed by atoms with Crippen molar-refractivity contribution in [2.24, 2.45) is 0 Å². The fraction of sp³-hybridized carbons (Fsp3) is 0.211. The summed E-state index contributed by atoms with van der Waals surface area (Å²) in [4.78, 5) is 13.3. The summed E-state index contributed by atoms with van der Waals surface area (Å²) in [5.41, 5.74) is 6.82. The molecular weight excluding hydrogens is 348 g/mol. The van der Waals surface area contributed by atoms with Gasteiger partial charge in [0.25, 0.3) is 0 Å². The van der Waals surface area contributed by atoms with E-state index in [1.54, 1.807) is 31.3 Å². The third-order valence-corrected chi connectivity index (χ3v) is 5.07. The van der Waals surface area contributed by atoms with E-state index >= 15 is 0 Å². The molecule has 1 aromatic carbocycles. The molecule has 134 valence electrons. The molecule has 0 aliphatic rings. The number of nitrogens with zero attached hydrogens (tertiary/aromatic N) is 3. The third-order valence-electron chi connectivity index (χ3n) is 3.76. The van der Waals surface area contributed by atoms with Gasteiger partial charge in [-0.3, -0.25) is 0 Å². The zero-order chi connectivity index (χ0) is 18.7. The molecule has 3 rings (SSSR count). The first-order valence-electron chi connectivity index (χ1n) is 8.19. The van der Waals surface area contributed by atoms with Crippen molar-refractivity contribution >= 4 is 16.6 Å². The highest BCUT2D eigenvalue weighted by molar-refractivity contribution is 7.85. The van der Waals surface area contributed by atoms with Gasteiger partial charge < -0.3 is 10.5 Å². The zero-order valence-electron chi connectivity index (χ0n) is 14.8. The van der Waals surface area contributed by atoms with Crippen LogP contribution in [0.2, 0.25) is 0 Å². The summed E-state index contributed by atoms with van der Waals surface area (Å²) in [7, 11) is -1.40. The van der Waals surface area contributed by atoms with Gasteiger partial charge in [-0.2, -0.15) is 0 Å². The Hall–Kier alpha value is -2.80. The average molecular weight is 368 g/mol. The van der Waals surface area contributed by atoms with Gasteiger partial charge in [0.2, 0.25) is 0 Å². The molecule has 1 atom stereocenters. The molecule has 2 N–H and O–H groups in total. The maximum atomic E-state index is 12.8. The summed E-state index contributed by atoms with van der Waals surface area (Å²) in [5, 5.41) is 0.419. The average Bonchev–Trinajstić information content (AvgIpc) is 2.64. The Morgan fingerprint density at radius 2 is 1.81 bits per heavy atom. The number of nitrogens with two attached hydrogens (primary N) is 1. The van der Waals surface area contributed by atoms with Gasteiger partial charge in [0.05, 0.1) is 6.20 Å². The van der Waals surface area contributed by atoms with Crippen LogP contribution in [0.5, 0.6) is 11.5 Å². The van der Waals surface area contributed by atoms with Crippen molar-refractivity contribution in [3.05, 3.63) is 60.2 Å². The quantitative estimate of drug-likeness (QED) is 0.736. The molecule has 0 saturated carbocycles. The van der Waals surface area contributed by atoms with Crippen molar-refractivity contribution in [3.63, 3.8) is 0 Å². The van der Waals surface area contributed by atoms with Crippen LogP contribution in [0, 0.1) is 6.92 Å². The van der Waals surface area contributed by atoms with Crippen molar-refractivity contribution in [1.29, 1.82) is 0 Å². The number of aromatic nitrogens is 3. The number of pyridine rings is 1. The Kier molecular flexibility index (Phi) is 5.27.